The molecule has 5 heteroatoms. The summed E-state index contributed by atoms with van der Waals surface area (Å²) in [5, 5.41) is 4.55. The maximum atomic E-state index is 6.59. The van der Waals surface area contributed by atoms with Gasteiger partial charge in [-0.3, -0.25) is 0 Å². The second-order valence-corrected chi connectivity index (χ2v) is 15.1. The quantitative estimate of drug-likeness (QED) is 0.171. The average Bonchev–Trinajstić information content (AvgIpc) is 3.85. The first kappa shape index (κ1) is 32.2. The minimum absolute atomic E-state index is 0.592. The van der Waals surface area contributed by atoms with Crippen LogP contribution in [-0.4, -0.2) is 15.0 Å². The molecular formula is C51H31N3OS. The Morgan fingerprint density at radius 1 is 0.321 bits per heavy atom. The number of fused-ring (bicyclic) bond motifs is 6. The number of hydrogen-bond donors (Lipinski definition) is 0. The van der Waals surface area contributed by atoms with Crippen LogP contribution >= 0.6 is 11.3 Å². The van der Waals surface area contributed by atoms with E-state index in [4.69, 9.17) is 19.4 Å². The van der Waals surface area contributed by atoms with Crippen molar-refractivity contribution in [2.24, 2.45) is 0 Å². The van der Waals surface area contributed by atoms with Crippen molar-refractivity contribution in [2.75, 3.05) is 0 Å². The van der Waals surface area contributed by atoms with Crippen LogP contribution in [0.25, 0.3) is 110 Å². The molecule has 56 heavy (non-hydrogen) atoms. The summed E-state index contributed by atoms with van der Waals surface area (Å²) in [6.45, 7) is 0. The van der Waals surface area contributed by atoms with Gasteiger partial charge in [0.1, 0.15) is 11.2 Å². The predicted octanol–water partition coefficient (Wildman–Crippen LogP) is 14.1. The first-order valence-electron chi connectivity index (χ1n) is 18.7. The Hall–Kier alpha value is -7.21. The van der Waals surface area contributed by atoms with E-state index < -0.39 is 0 Å². The Morgan fingerprint density at radius 2 is 0.911 bits per heavy atom. The monoisotopic (exact) mass is 733 g/mol. The van der Waals surface area contributed by atoms with Crippen molar-refractivity contribution in [2.45, 2.75) is 0 Å². The van der Waals surface area contributed by atoms with Crippen LogP contribution in [0, 0.1) is 0 Å². The van der Waals surface area contributed by atoms with Gasteiger partial charge in [0.15, 0.2) is 17.5 Å². The van der Waals surface area contributed by atoms with E-state index in [9.17, 15) is 0 Å². The summed E-state index contributed by atoms with van der Waals surface area (Å²) in [5.41, 5.74) is 11.3. The number of furan rings is 1. The summed E-state index contributed by atoms with van der Waals surface area (Å²) in [5.74, 6) is 1.82. The lowest BCUT2D eigenvalue weighted by Gasteiger charge is -2.11. The number of thiophene rings is 1. The fraction of sp³-hybridized carbons (Fsp3) is 0. The van der Waals surface area contributed by atoms with E-state index in [2.05, 4.69) is 140 Å². The highest BCUT2D eigenvalue weighted by Crippen LogP contribution is 2.44. The van der Waals surface area contributed by atoms with Crippen LogP contribution in [0.4, 0.5) is 0 Å². The van der Waals surface area contributed by atoms with Gasteiger partial charge in [0, 0.05) is 47.6 Å². The summed E-state index contributed by atoms with van der Waals surface area (Å²) < 4.78 is 9.10. The van der Waals surface area contributed by atoms with Gasteiger partial charge in [-0.25, -0.2) is 15.0 Å². The zero-order valence-electron chi connectivity index (χ0n) is 30.1. The van der Waals surface area contributed by atoms with Crippen LogP contribution in [0.15, 0.2) is 192 Å². The van der Waals surface area contributed by atoms with E-state index >= 15 is 0 Å². The molecule has 0 aliphatic rings. The first-order valence-corrected chi connectivity index (χ1v) is 19.5. The molecule has 0 amide bonds. The zero-order valence-corrected chi connectivity index (χ0v) is 30.9. The highest BCUT2D eigenvalue weighted by molar-refractivity contribution is 7.26. The SMILES string of the molecule is c1ccc(-c2ccc(-c3nc(-c4ccccc4)nc(-c4cc(-c5ccc6c(c5)sc5cccc(-c7ccccc7)c56)cc5oc6ccccc6c45)n3)cc2)cc1. The minimum Gasteiger partial charge on any atom is -0.456 e. The third-order valence-electron chi connectivity index (χ3n) is 10.6. The minimum atomic E-state index is 0.592. The van der Waals surface area contributed by atoms with Crippen LogP contribution in [-0.2, 0) is 0 Å². The number of nitrogens with zero attached hydrogens (tertiary/aromatic N) is 3. The molecule has 11 aromatic rings. The van der Waals surface area contributed by atoms with Crippen molar-refractivity contribution in [3.63, 3.8) is 0 Å². The molecule has 3 aromatic heterocycles. The molecule has 0 unspecified atom stereocenters. The second kappa shape index (κ2) is 13.3. The number of para-hydroxylation sites is 1. The molecular weight excluding hydrogens is 703 g/mol. The normalized spacial score (nSPS) is 11.6. The molecule has 0 bridgehead atoms. The molecule has 0 aliphatic heterocycles. The summed E-state index contributed by atoms with van der Waals surface area (Å²) in [6.07, 6.45) is 0. The van der Waals surface area contributed by atoms with Crippen LogP contribution in [0.2, 0.25) is 0 Å². The average molecular weight is 734 g/mol. The molecule has 262 valence electrons. The summed E-state index contributed by atoms with van der Waals surface area (Å²) in [7, 11) is 0. The fourth-order valence-electron chi connectivity index (χ4n) is 7.85. The molecule has 8 aromatic carbocycles. The zero-order chi connectivity index (χ0) is 37.0. The Balaban J connectivity index is 1.11. The third-order valence-corrected chi connectivity index (χ3v) is 11.7. The highest BCUT2D eigenvalue weighted by atomic mass is 32.1. The van der Waals surface area contributed by atoms with Gasteiger partial charge in [-0.1, -0.05) is 158 Å². The van der Waals surface area contributed by atoms with Gasteiger partial charge in [0.2, 0.25) is 0 Å². The van der Waals surface area contributed by atoms with Crippen molar-refractivity contribution in [1.82, 2.24) is 15.0 Å². The molecule has 0 fully saturated rings. The Bertz CT molecular complexity index is 3230. The summed E-state index contributed by atoms with van der Waals surface area (Å²) >= 11 is 1.83. The molecule has 0 aliphatic carbocycles. The lowest BCUT2D eigenvalue weighted by molar-refractivity contribution is 0.669. The van der Waals surface area contributed by atoms with Gasteiger partial charge in [0.05, 0.1) is 0 Å². The highest BCUT2D eigenvalue weighted by Gasteiger charge is 2.20. The second-order valence-electron chi connectivity index (χ2n) is 14.0. The molecule has 0 N–H and O–H groups in total. The van der Waals surface area contributed by atoms with Crippen molar-refractivity contribution in [1.29, 1.82) is 0 Å². The molecule has 4 nitrogen and oxygen atoms in total. The number of hydrogen-bond acceptors (Lipinski definition) is 5. The smallest absolute Gasteiger partial charge is 0.164 e. The molecule has 0 saturated heterocycles. The number of benzene rings is 8. The summed E-state index contributed by atoms with van der Waals surface area (Å²) in [6, 6.07) is 65.6. The molecule has 0 radical (unpaired) electrons. The molecule has 11 rings (SSSR count). The van der Waals surface area contributed by atoms with E-state index in [1.54, 1.807) is 0 Å². The molecule has 3 heterocycles. The lowest BCUT2D eigenvalue weighted by atomic mass is 9.96. The van der Waals surface area contributed by atoms with E-state index in [1.807, 2.05) is 59.9 Å². The van der Waals surface area contributed by atoms with Crippen molar-refractivity contribution >= 4 is 53.4 Å². The lowest BCUT2D eigenvalue weighted by Crippen LogP contribution is -2.00. The van der Waals surface area contributed by atoms with Crippen molar-refractivity contribution in [3.05, 3.63) is 188 Å². The first-order chi connectivity index (χ1) is 27.7. The van der Waals surface area contributed by atoms with E-state index in [0.717, 1.165) is 60.9 Å². The van der Waals surface area contributed by atoms with Gasteiger partial charge in [-0.2, -0.15) is 0 Å². The topological polar surface area (TPSA) is 51.8 Å². The van der Waals surface area contributed by atoms with Gasteiger partial charge >= 0.3 is 0 Å². The van der Waals surface area contributed by atoms with Gasteiger partial charge < -0.3 is 4.42 Å². The standard InChI is InChI=1S/C51H31N3OS/c1-4-13-32(14-5-1)33-23-25-36(26-24-33)50-52-49(35-17-8-3-9-18-35)53-51(54-50)42-29-38(30-44-47(42)40-19-10-11-21-43(40)55-44)37-27-28-41-46(31-37)56-45-22-12-20-39(48(41)45)34-15-6-2-7-16-34/h1-31H. The van der Waals surface area contributed by atoms with E-state index in [-0.39, 0.29) is 0 Å². The molecule has 0 atom stereocenters. The van der Waals surface area contributed by atoms with E-state index in [1.165, 1.54) is 31.3 Å². The van der Waals surface area contributed by atoms with Crippen LogP contribution < -0.4 is 0 Å². The maximum Gasteiger partial charge on any atom is 0.164 e. The van der Waals surface area contributed by atoms with Gasteiger partial charge in [-0.15, -0.1) is 11.3 Å². The van der Waals surface area contributed by atoms with Crippen LogP contribution in [0.1, 0.15) is 0 Å². The van der Waals surface area contributed by atoms with Gasteiger partial charge in [0.25, 0.3) is 0 Å². The van der Waals surface area contributed by atoms with Crippen LogP contribution in [0.5, 0.6) is 0 Å². The van der Waals surface area contributed by atoms with Crippen molar-refractivity contribution < 1.29 is 4.42 Å². The van der Waals surface area contributed by atoms with E-state index in [0.29, 0.717) is 17.5 Å². The maximum absolute atomic E-state index is 6.59. The fourth-order valence-corrected chi connectivity index (χ4v) is 9.02. The Morgan fingerprint density at radius 3 is 1.66 bits per heavy atom. The Labute approximate surface area is 327 Å². The van der Waals surface area contributed by atoms with Crippen LogP contribution in [0.3, 0.4) is 0 Å². The predicted molar refractivity (Wildman–Crippen MR) is 233 cm³/mol. The molecule has 0 saturated carbocycles. The summed E-state index contributed by atoms with van der Waals surface area (Å²) in [4.78, 5) is 15.5. The molecule has 0 spiro atoms. The van der Waals surface area contributed by atoms with Gasteiger partial charge in [-0.05, 0) is 63.7 Å². The third kappa shape index (κ3) is 5.56. The number of aromatic nitrogens is 3. The Kier molecular flexibility index (Phi) is 7.64. The van der Waals surface area contributed by atoms with Crippen molar-refractivity contribution in [3.8, 4) is 67.5 Å². The largest absolute Gasteiger partial charge is 0.456 e. The number of rotatable bonds is 6.